The molecule has 0 spiro atoms. The number of hydrogen-bond acceptors (Lipinski definition) is 2. The predicted molar refractivity (Wildman–Crippen MR) is 68.4 cm³/mol. The Balaban J connectivity index is -0.000000174. The smallest absolute Gasteiger partial charge is 0.0314 e. The van der Waals surface area contributed by atoms with E-state index in [4.69, 9.17) is 5.73 Å². The molecule has 0 heterocycles. The maximum Gasteiger partial charge on any atom is 0.0314 e. The summed E-state index contributed by atoms with van der Waals surface area (Å²) < 4.78 is 0. The zero-order valence-corrected chi connectivity index (χ0v) is 10.5. The van der Waals surface area contributed by atoms with Crippen molar-refractivity contribution in [1.82, 2.24) is 0 Å². The molecule has 1 aromatic rings. The van der Waals surface area contributed by atoms with Gasteiger partial charge in [-0.3, -0.25) is 0 Å². The van der Waals surface area contributed by atoms with Gasteiger partial charge in [0.15, 0.2) is 0 Å². The standard InChI is InChI=1S/C7H9N.2C2H6.CH5N/c1-6-2-4-7(8)5-3-6;3*1-2/h2-5H,8H2,1H3;2*1-2H3;2H2,1H3. The zero-order valence-electron chi connectivity index (χ0n) is 10.5. The Labute approximate surface area is 89.3 Å². The van der Waals surface area contributed by atoms with Crippen LogP contribution in [0.3, 0.4) is 0 Å². The molecule has 1 aromatic carbocycles. The molecule has 0 aliphatic heterocycles. The fourth-order valence-corrected chi connectivity index (χ4v) is 0.566. The highest BCUT2D eigenvalue weighted by Gasteiger charge is 1.80. The molecular formula is C12H26N2. The van der Waals surface area contributed by atoms with Crippen molar-refractivity contribution in [2.24, 2.45) is 5.73 Å². The van der Waals surface area contributed by atoms with Gasteiger partial charge in [-0.1, -0.05) is 45.4 Å². The average Bonchev–Trinajstić information content (AvgIpc) is 2.31. The fraction of sp³-hybridized carbons (Fsp3) is 0.500. The SMILES string of the molecule is CC.CC.CN.Cc1ccc(N)cc1. The summed E-state index contributed by atoms with van der Waals surface area (Å²) in [6.45, 7) is 10.0. The van der Waals surface area contributed by atoms with Crippen molar-refractivity contribution in [3.63, 3.8) is 0 Å². The molecule has 0 saturated heterocycles. The lowest BCUT2D eigenvalue weighted by atomic mass is 10.2. The minimum Gasteiger partial charge on any atom is -0.399 e. The Morgan fingerprint density at radius 2 is 1.07 bits per heavy atom. The van der Waals surface area contributed by atoms with Crippen LogP contribution >= 0.6 is 0 Å². The third kappa shape index (κ3) is 13.6. The van der Waals surface area contributed by atoms with E-state index in [1.165, 1.54) is 12.6 Å². The van der Waals surface area contributed by atoms with Gasteiger partial charge >= 0.3 is 0 Å². The molecule has 0 aliphatic rings. The summed E-state index contributed by atoms with van der Waals surface area (Å²) in [4.78, 5) is 0. The summed E-state index contributed by atoms with van der Waals surface area (Å²) in [6, 6.07) is 7.79. The van der Waals surface area contributed by atoms with Gasteiger partial charge < -0.3 is 11.5 Å². The van der Waals surface area contributed by atoms with Gasteiger partial charge in [-0.25, -0.2) is 0 Å². The van der Waals surface area contributed by atoms with Crippen molar-refractivity contribution in [2.75, 3.05) is 12.8 Å². The summed E-state index contributed by atoms with van der Waals surface area (Å²) in [5.74, 6) is 0. The summed E-state index contributed by atoms with van der Waals surface area (Å²) in [6.07, 6.45) is 0. The average molecular weight is 198 g/mol. The Bertz CT molecular complexity index is 147. The van der Waals surface area contributed by atoms with E-state index in [0.29, 0.717) is 0 Å². The van der Waals surface area contributed by atoms with Gasteiger partial charge in [0.25, 0.3) is 0 Å². The second-order valence-corrected chi connectivity index (χ2v) is 1.91. The summed E-state index contributed by atoms with van der Waals surface area (Å²) in [5, 5.41) is 0. The molecule has 14 heavy (non-hydrogen) atoms. The van der Waals surface area contributed by atoms with Crippen molar-refractivity contribution in [1.29, 1.82) is 0 Å². The normalized spacial score (nSPS) is 6.50. The van der Waals surface area contributed by atoms with E-state index in [2.05, 4.69) is 5.73 Å². The monoisotopic (exact) mass is 198 g/mol. The van der Waals surface area contributed by atoms with Crippen LogP contribution in [0, 0.1) is 6.92 Å². The van der Waals surface area contributed by atoms with Gasteiger partial charge in [-0.05, 0) is 26.1 Å². The van der Waals surface area contributed by atoms with Crippen LogP contribution < -0.4 is 11.5 Å². The van der Waals surface area contributed by atoms with E-state index in [0.717, 1.165) is 5.69 Å². The Kier molecular flexibility index (Phi) is 23.9. The minimum absolute atomic E-state index is 0.829. The van der Waals surface area contributed by atoms with Crippen LogP contribution in [0.4, 0.5) is 5.69 Å². The van der Waals surface area contributed by atoms with Crippen LogP contribution in [0.1, 0.15) is 33.3 Å². The van der Waals surface area contributed by atoms with Gasteiger partial charge in [0.2, 0.25) is 0 Å². The Morgan fingerprint density at radius 3 is 1.29 bits per heavy atom. The first-order valence-electron chi connectivity index (χ1n) is 5.19. The molecule has 2 nitrogen and oxygen atoms in total. The van der Waals surface area contributed by atoms with Gasteiger partial charge in [-0.15, -0.1) is 0 Å². The highest BCUT2D eigenvalue weighted by molar-refractivity contribution is 5.38. The third-order valence-corrected chi connectivity index (χ3v) is 1.08. The van der Waals surface area contributed by atoms with Gasteiger partial charge in [0.1, 0.15) is 0 Å². The van der Waals surface area contributed by atoms with E-state index >= 15 is 0 Å². The molecule has 0 saturated carbocycles. The van der Waals surface area contributed by atoms with E-state index in [1.54, 1.807) is 0 Å². The summed E-state index contributed by atoms with van der Waals surface area (Å²) >= 11 is 0. The number of nitrogen functional groups attached to an aromatic ring is 1. The van der Waals surface area contributed by atoms with Gasteiger partial charge in [-0.2, -0.15) is 0 Å². The van der Waals surface area contributed by atoms with Gasteiger partial charge in [0, 0.05) is 5.69 Å². The number of anilines is 1. The molecule has 0 radical (unpaired) electrons. The molecule has 0 bridgehead atoms. The van der Waals surface area contributed by atoms with Crippen molar-refractivity contribution in [3.05, 3.63) is 29.8 Å². The first kappa shape index (κ1) is 18.7. The maximum atomic E-state index is 5.43. The predicted octanol–water partition coefficient (Wildman–Crippen LogP) is 3.20. The largest absolute Gasteiger partial charge is 0.399 e. The van der Waals surface area contributed by atoms with Crippen LogP contribution in [0.25, 0.3) is 0 Å². The van der Waals surface area contributed by atoms with Crippen LogP contribution in [-0.4, -0.2) is 7.05 Å². The second kappa shape index (κ2) is 17.9. The van der Waals surface area contributed by atoms with E-state index in [9.17, 15) is 0 Å². The quantitative estimate of drug-likeness (QED) is 0.629. The molecule has 0 aliphatic carbocycles. The molecule has 0 fully saturated rings. The second-order valence-electron chi connectivity index (χ2n) is 1.91. The lowest BCUT2D eigenvalue weighted by molar-refractivity contribution is 1.47. The van der Waals surface area contributed by atoms with E-state index in [-0.39, 0.29) is 0 Å². The number of hydrogen-bond donors (Lipinski definition) is 2. The number of aryl methyl sites for hydroxylation is 1. The molecule has 2 heteroatoms. The highest BCUT2D eigenvalue weighted by Crippen LogP contribution is 2.02. The minimum atomic E-state index is 0.829. The number of rotatable bonds is 0. The summed E-state index contributed by atoms with van der Waals surface area (Å²) in [5.41, 5.74) is 12.0. The van der Waals surface area contributed by atoms with Crippen LogP contribution in [0.5, 0.6) is 0 Å². The zero-order chi connectivity index (χ0) is 12.0. The third-order valence-electron chi connectivity index (χ3n) is 1.08. The first-order valence-corrected chi connectivity index (χ1v) is 5.19. The molecular weight excluding hydrogens is 172 g/mol. The molecule has 0 unspecified atom stereocenters. The first-order chi connectivity index (χ1) is 6.79. The molecule has 0 aromatic heterocycles. The van der Waals surface area contributed by atoms with Crippen LogP contribution in [-0.2, 0) is 0 Å². The molecule has 0 amide bonds. The Morgan fingerprint density at radius 1 is 0.786 bits per heavy atom. The molecule has 1 rings (SSSR count). The van der Waals surface area contributed by atoms with Crippen molar-refractivity contribution in [3.8, 4) is 0 Å². The molecule has 84 valence electrons. The Hall–Kier alpha value is -1.02. The highest BCUT2D eigenvalue weighted by atomic mass is 14.5. The lowest BCUT2D eigenvalue weighted by Gasteiger charge is -1.90. The molecule has 4 N–H and O–H groups in total. The number of benzene rings is 1. The van der Waals surface area contributed by atoms with Gasteiger partial charge in [0.05, 0.1) is 0 Å². The van der Waals surface area contributed by atoms with Crippen LogP contribution in [0.15, 0.2) is 24.3 Å². The molecule has 0 atom stereocenters. The van der Waals surface area contributed by atoms with E-state index < -0.39 is 0 Å². The van der Waals surface area contributed by atoms with Crippen LogP contribution in [0.2, 0.25) is 0 Å². The topological polar surface area (TPSA) is 52.0 Å². The van der Waals surface area contributed by atoms with Crippen molar-refractivity contribution in [2.45, 2.75) is 34.6 Å². The fourth-order valence-electron chi connectivity index (χ4n) is 0.566. The lowest BCUT2D eigenvalue weighted by Crippen LogP contribution is -1.81. The summed E-state index contributed by atoms with van der Waals surface area (Å²) in [7, 11) is 1.50. The maximum absolute atomic E-state index is 5.43. The van der Waals surface area contributed by atoms with Crippen molar-refractivity contribution >= 4 is 5.69 Å². The number of nitrogens with two attached hydrogens (primary N) is 2. The van der Waals surface area contributed by atoms with E-state index in [1.807, 2.05) is 58.9 Å². The van der Waals surface area contributed by atoms with Crippen molar-refractivity contribution < 1.29 is 0 Å².